The minimum absolute atomic E-state index is 0.113. The van der Waals surface area contributed by atoms with Gasteiger partial charge in [0.25, 0.3) is 0 Å². The van der Waals surface area contributed by atoms with Crippen LogP contribution in [0.15, 0.2) is 34.9 Å². The summed E-state index contributed by atoms with van der Waals surface area (Å²) in [4.78, 5) is 18.5. The first-order valence-corrected chi connectivity index (χ1v) is 10.0. The Balaban J connectivity index is 1.28. The lowest BCUT2D eigenvalue weighted by atomic mass is 9.92. The number of aromatic nitrogens is 1. The number of halogens is 3. The minimum atomic E-state index is -2.59. The molecule has 1 saturated carbocycles. The highest BCUT2D eigenvalue weighted by Crippen LogP contribution is 2.34. The molecule has 5 nitrogen and oxygen atoms in total. The molecule has 4 rings (SSSR count). The molecule has 1 aliphatic heterocycles. The Morgan fingerprint density at radius 3 is 2.41 bits per heavy atom. The molecule has 0 atom stereocenters. The molecule has 29 heavy (non-hydrogen) atoms. The molecule has 2 aromatic rings. The molecule has 1 N–H and O–H groups in total. The first-order chi connectivity index (χ1) is 13.9. The molecule has 2 fully saturated rings. The number of likely N-dealkylation sites (tertiary alicyclic amines) is 1. The number of nitrogens with one attached hydrogen (secondary N) is 1. The van der Waals surface area contributed by atoms with E-state index >= 15 is 0 Å². The highest BCUT2D eigenvalue weighted by Gasteiger charge is 2.36. The van der Waals surface area contributed by atoms with Crippen molar-refractivity contribution in [2.75, 3.05) is 13.1 Å². The topological polar surface area (TPSA) is 58.4 Å². The van der Waals surface area contributed by atoms with Crippen molar-refractivity contribution in [2.24, 2.45) is 0 Å². The molecule has 2 aliphatic rings. The van der Waals surface area contributed by atoms with Crippen molar-refractivity contribution < 1.29 is 22.4 Å². The van der Waals surface area contributed by atoms with Crippen LogP contribution in [0, 0.1) is 5.82 Å². The van der Waals surface area contributed by atoms with E-state index in [0.29, 0.717) is 37.6 Å². The van der Waals surface area contributed by atoms with E-state index in [1.165, 1.54) is 12.1 Å². The summed E-state index contributed by atoms with van der Waals surface area (Å²) in [6.45, 7) is 1.13. The quantitative estimate of drug-likeness (QED) is 0.783. The fraction of sp³-hybridized carbons (Fsp3) is 0.524. The van der Waals surface area contributed by atoms with Gasteiger partial charge >= 0.3 is 6.03 Å². The van der Waals surface area contributed by atoms with Crippen molar-refractivity contribution in [1.82, 2.24) is 15.2 Å². The third-order valence-corrected chi connectivity index (χ3v) is 5.83. The summed E-state index contributed by atoms with van der Waals surface area (Å²) in [5, 5.41) is 2.90. The number of hydrogen-bond donors (Lipinski definition) is 1. The van der Waals surface area contributed by atoms with Crippen LogP contribution in [-0.2, 0) is 0 Å². The summed E-state index contributed by atoms with van der Waals surface area (Å²) in [6.07, 6.45) is 3.38. The first-order valence-electron chi connectivity index (χ1n) is 10.0. The van der Waals surface area contributed by atoms with Gasteiger partial charge in [-0.15, -0.1) is 0 Å². The Hall–Kier alpha value is -2.51. The smallest absolute Gasteiger partial charge is 0.317 e. The lowest BCUT2D eigenvalue weighted by Gasteiger charge is -2.34. The lowest BCUT2D eigenvalue weighted by molar-refractivity contribution is -0.0398. The van der Waals surface area contributed by atoms with Crippen molar-refractivity contribution in [3.63, 3.8) is 0 Å². The van der Waals surface area contributed by atoms with E-state index in [0.717, 1.165) is 18.4 Å². The molecule has 1 aromatic heterocycles. The van der Waals surface area contributed by atoms with E-state index in [1.807, 2.05) is 0 Å². The third kappa shape index (κ3) is 4.74. The van der Waals surface area contributed by atoms with Gasteiger partial charge in [0, 0.05) is 43.5 Å². The molecule has 0 unspecified atom stereocenters. The van der Waals surface area contributed by atoms with Crippen LogP contribution in [0.4, 0.5) is 18.0 Å². The summed E-state index contributed by atoms with van der Waals surface area (Å²) in [6, 6.07) is 5.69. The zero-order valence-electron chi connectivity index (χ0n) is 16.0. The van der Waals surface area contributed by atoms with Crippen LogP contribution in [0.5, 0.6) is 0 Å². The number of carbonyl (C=O) groups is 1. The number of amides is 2. The highest BCUT2D eigenvalue weighted by molar-refractivity contribution is 5.74. The average molecular weight is 407 g/mol. The second kappa shape index (κ2) is 8.08. The monoisotopic (exact) mass is 407 g/mol. The number of piperidine rings is 1. The van der Waals surface area contributed by atoms with Crippen LogP contribution >= 0.6 is 0 Å². The minimum Gasteiger partial charge on any atom is -0.440 e. The van der Waals surface area contributed by atoms with Crippen LogP contribution in [0.1, 0.15) is 50.3 Å². The van der Waals surface area contributed by atoms with Crippen molar-refractivity contribution in [3.8, 4) is 11.3 Å². The third-order valence-electron chi connectivity index (χ3n) is 5.83. The van der Waals surface area contributed by atoms with Crippen LogP contribution in [0.2, 0.25) is 0 Å². The molecule has 8 heteroatoms. The Bertz CT molecular complexity index is 835. The molecule has 2 heterocycles. The second-order valence-corrected chi connectivity index (χ2v) is 7.91. The molecule has 0 spiro atoms. The largest absolute Gasteiger partial charge is 0.440 e. The normalized spacial score (nSPS) is 20.6. The van der Waals surface area contributed by atoms with Crippen LogP contribution < -0.4 is 5.32 Å². The van der Waals surface area contributed by atoms with Crippen LogP contribution in [0.25, 0.3) is 11.3 Å². The van der Waals surface area contributed by atoms with Crippen LogP contribution in [0.3, 0.4) is 0 Å². The number of urea groups is 1. The standard InChI is InChI=1S/C21H24F3N3O2/c22-16-3-1-14(2-4-16)18-13-25-19(29-18)15-7-11-27(12-8-15)20(28)26-17-5-9-21(23,24)10-6-17/h1-4,13,15,17H,5-12H2,(H,26,28). The summed E-state index contributed by atoms with van der Waals surface area (Å²) in [5.41, 5.74) is 0.764. The number of benzene rings is 1. The molecular formula is C21H24F3N3O2. The van der Waals surface area contributed by atoms with Gasteiger partial charge in [-0.3, -0.25) is 0 Å². The predicted octanol–water partition coefficient (Wildman–Crippen LogP) is 4.95. The zero-order chi connectivity index (χ0) is 20.4. The fourth-order valence-corrected chi connectivity index (χ4v) is 4.00. The van der Waals surface area contributed by atoms with Gasteiger partial charge in [-0.25, -0.2) is 22.9 Å². The van der Waals surface area contributed by atoms with Crippen molar-refractivity contribution >= 4 is 6.03 Å². The first kappa shape index (κ1) is 19.8. The lowest BCUT2D eigenvalue weighted by Crippen LogP contribution is -2.49. The van der Waals surface area contributed by atoms with Gasteiger partial charge in [0.15, 0.2) is 11.7 Å². The number of alkyl halides is 2. The SMILES string of the molecule is O=C(NC1CCC(F)(F)CC1)N1CCC(c2ncc(-c3ccc(F)cc3)o2)CC1. The van der Waals surface area contributed by atoms with Gasteiger partial charge in [-0.2, -0.15) is 0 Å². The average Bonchev–Trinajstić information content (AvgIpc) is 3.20. The van der Waals surface area contributed by atoms with E-state index in [2.05, 4.69) is 10.3 Å². The molecule has 1 saturated heterocycles. The van der Waals surface area contributed by atoms with Gasteiger partial charge in [0.2, 0.25) is 5.92 Å². The molecule has 1 aromatic carbocycles. The maximum absolute atomic E-state index is 13.2. The maximum atomic E-state index is 13.2. The molecule has 2 amide bonds. The Kier molecular flexibility index (Phi) is 5.52. The second-order valence-electron chi connectivity index (χ2n) is 7.91. The van der Waals surface area contributed by atoms with E-state index in [-0.39, 0.29) is 36.6 Å². The van der Waals surface area contributed by atoms with Crippen LogP contribution in [-0.4, -0.2) is 41.0 Å². The fourth-order valence-electron chi connectivity index (χ4n) is 4.00. The van der Waals surface area contributed by atoms with E-state index in [1.54, 1.807) is 23.2 Å². The Labute approximate surface area is 167 Å². The molecule has 156 valence electrons. The van der Waals surface area contributed by atoms with Crippen molar-refractivity contribution in [3.05, 3.63) is 42.2 Å². The van der Waals surface area contributed by atoms with E-state index < -0.39 is 5.92 Å². The van der Waals surface area contributed by atoms with Gasteiger partial charge in [0.1, 0.15) is 5.82 Å². The zero-order valence-corrected chi connectivity index (χ0v) is 16.0. The summed E-state index contributed by atoms with van der Waals surface area (Å²) < 4.78 is 45.4. The summed E-state index contributed by atoms with van der Waals surface area (Å²) >= 11 is 0. The van der Waals surface area contributed by atoms with Gasteiger partial charge in [-0.05, 0) is 49.9 Å². The predicted molar refractivity (Wildman–Crippen MR) is 101 cm³/mol. The number of hydrogen-bond acceptors (Lipinski definition) is 3. The molecule has 0 radical (unpaired) electrons. The summed E-state index contributed by atoms with van der Waals surface area (Å²) in [5.74, 6) is -1.57. The Morgan fingerprint density at radius 1 is 1.10 bits per heavy atom. The number of nitrogens with zero attached hydrogens (tertiary/aromatic N) is 2. The maximum Gasteiger partial charge on any atom is 0.317 e. The molecular weight excluding hydrogens is 383 g/mol. The van der Waals surface area contributed by atoms with Crippen molar-refractivity contribution in [1.29, 1.82) is 0 Å². The highest BCUT2D eigenvalue weighted by atomic mass is 19.3. The Morgan fingerprint density at radius 2 is 1.76 bits per heavy atom. The van der Waals surface area contributed by atoms with Gasteiger partial charge in [-0.1, -0.05) is 0 Å². The van der Waals surface area contributed by atoms with Crippen molar-refractivity contribution in [2.45, 2.75) is 56.4 Å². The molecule has 0 bridgehead atoms. The molecule has 1 aliphatic carbocycles. The van der Waals surface area contributed by atoms with Gasteiger partial charge < -0.3 is 14.6 Å². The van der Waals surface area contributed by atoms with E-state index in [9.17, 15) is 18.0 Å². The van der Waals surface area contributed by atoms with E-state index in [4.69, 9.17) is 4.42 Å². The number of rotatable bonds is 3. The summed E-state index contributed by atoms with van der Waals surface area (Å²) in [7, 11) is 0. The number of oxazole rings is 1. The van der Waals surface area contributed by atoms with Gasteiger partial charge in [0.05, 0.1) is 6.20 Å². The number of carbonyl (C=O) groups excluding carboxylic acids is 1.